The molecular formula is C14H12ClFN2O3S. The molecular weight excluding hydrogens is 331 g/mol. The summed E-state index contributed by atoms with van der Waals surface area (Å²) in [5.74, 6) is -0.972. The number of hydrogen-bond donors (Lipinski definition) is 2. The quantitative estimate of drug-likeness (QED) is 0.897. The number of halogens is 2. The largest absolute Gasteiger partial charge is 0.355 e. The Morgan fingerprint density at radius 3 is 2.36 bits per heavy atom. The molecule has 0 radical (unpaired) electrons. The highest BCUT2D eigenvalue weighted by molar-refractivity contribution is 7.92. The van der Waals surface area contributed by atoms with E-state index in [0.717, 1.165) is 12.1 Å². The maximum absolute atomic E-state index is 12.8. The molecule has 2 aromatic carbocycles. The predicted octanol–water partition coefficient (Wildman–Crippen LogP) is 2.64. The van der Waals surface area contributed by atoms with E-state index < -0.39 is 21.7 Å². The van der Waals surface area contributed by atoms with Gasteiger partial charge in [-0.15, -0.1) is 0 Å². The van der Waals surface area contributed by atoms with Gasteiger partial charge in [0.2, 0.25) is 0 Å². The minimum atomic E-state index is -3.92. The number of rotatable bonds is 4. The van der Waals surface area contributed by atoms with Crippen molar-refractivity contribution in [3.63, 3.8) is 0 Å². The maximum Gasteiger partial charge on any atom is 0.261 e. The van der Waals surface area contributed by atoms with Crippen molar-refractivity contribution in [1.82, 2.24) is 5.32 Å². The maximum atomic E-state index is 12.8. The van der Waals surface area contributed by atoms with Crippen LogP contribution < -0.4 is 10.0 Å². The molecule has 0 fully saturated rings. The second-order valence-corrected chi connectivity index (χ2v) is 6.42. The van der Waals surface area contributed by atoms with Gasteiger partial charge < -0.3 is 5.32 Å². The monoisotopic (exact) mass is 342 g/mol. The molecule has 0 aliphatic rings. The first kappa shape index (κ1) is 16.3. The van der Waals surface area contributed by atoms with Crippen LogP contribution in [-0.2, 0) is 10.0 Å². The molecule has 8 heteroatoms. The Labute approximate surface area is 132 Å². The van der Waals surface area contributed by atoms with Gasteiger partial charge in [-0.05, 0) is 42.5 Å². The summed E-state index contributed by atoms with van der Waals surface area (Å²) in [4.78, 5) is 11.5. The van der Waals surface area contributed by atoms with Gasteiger partial charge in [-0.25, -0.2) is 12.8 Å². The van der Waals surface area contributed by atoms with Gasteiger partial charge in [0.05, 0.1) is 15.5 Å². The van der Waals surface area contributed by atoms with Crippen LogP contribution in [0.5, 0.6) is 0 Å². The lowest BCUT2D eigenvalue weighted by molar-refractivity contribution is 0.0963. The summed E-state index contributed by atoms with van der Waals surface area (Å²) >= 11 is 5.88. The van der Waals surface area contributed by atoms with Gasteiger partial charge in [-0.2, -0.15) is 0 Å². The van der Waals surface area contributed by atoms with Crippen LogP contribution in [0.15, 0.2) is 47.4 Å². The first-order chi connectivity index (χ1) is 10.3. The Kier molecular flexibility index (Phi) is 4.68. The fourth-order valence-electron chi connectivity index (χ4n) is 1.71. The van der Waals surface area contributed by atoms with Gasteiger partial charge in [-0.1, -0.05) is 11.6 Å². The Morgan fingerprint density at radius 2 is 1.77 bits per heavy atom. The highest BCUT2D eigenvalue weighted by atomic mass is 35.5. The molecule has 1 amide bonds. The zero-order valence-electron chi connectivity index (χ0n) is 11.4. The molecule has 0 saturated heterocycles. The van der Waals surface area contributed by atoms with Crippen molar-refractivity contribution in [2.24, 2.45) is 0 Å². The molecule has 0 atom stereocenters. The third kappa shape index (κ3) is 3.55. The van der Waals surface area contributed by atoms with Gasteiger partial charge >= 0.3 is 0 Å². The molecule has 0 heterocycles. The zero-order valence-corrected chi connectivity index (χ0v) is 13.0. The van der Waals surface area contributed by atoms with Crippen LogP contribution in [0.2, 0.25) is 5.02 Å². The van der Waals surface area contributed by atoms with Crippen LogP contribution in [-0.4, -0.2) is 21.4 Å². The van der Waals surface area contributed by atoms with Crippen LogP contribution in [0.1, 0.15) is 10.4 Å². The van der Waals surface area contributed by atoms with E-state index in [1.807, 2.05) is 0 Å². The Hall–Kier alpha value is -2.12. The van der Waals surface area contributed by atoms with Gasteiger partial charge in [0.1, 0.15) is 5.82 Å². The number of nitrogens with one attached hydrogen (secondary N) is 2. The molecule has 0 aromatic heterocycles. The second-order valence-electron chi connectivity index (χ2n) is 4.33. The van der Waals surface area contributed by atoms with E-state index in [4.69, 9.17) is 11.6 Å². The van der Waals surface area contributed by atoms with E-state index >= 15 is 0 Å². The van der Waals surface area contributed by atoms with Gasteiger partial charge in [0.15, 0.2) is 0 Å². The standard InChI is InChI=1S/C14H12ClFN2O3S/c1-17-14(19)12-8-11(6-7-13(12)15)22(20,21)18-10-4-2-9(16)3-5-10/h2-8,18H,1H3,(H,17,19). The molecule has 0 bridgehead atoms. The third-order valence-corrected chi connectivity index (χ3v) is 4.52. The van der Waals surface area contributed by atoms with Crippen LogP contribution in [0, 0.1) is 5.82 Å². The number of anilines is 1. The normalized spacial score (nSPS) is 11.0. The highest BCUT2D eigenvalue weighted by Crippen LogP contribution is 2.22. The summed E-state index contributed by atoms with van der Waals surface area (Å²) in [5, 5.41) is 2.52. The average Bonchev–Trinajstić information content (AvgIpc) is 2.49. The number of benzene rings is 2. The molecule has 0 spiro atoms. The lowest BCUT2D eigenvalue weighted by atomic mass is 10.2. The topological polar surface area (TPSA) is 75.3 Å². The lowest BCUT2D eigenvalue weighted by Gasteiger charge is -2.10. The van der Waals surface area contributed by atoms with E-state index in [1.54, 1.807) is 0 Å². The van der Waals surface area contributed by atoms with Crippen molar-refractivity contribution < 1.29 is 17.6 Å². The van der Waals surface area contributed by atoms with E-state index in [1.165, 1.54) is 37.4 Å². The van der Waals surface area contributed by atoms with E-state index in [0.29, 0.717) is 0 Å². The molecule has 0 aliphatic carbocycles. The minimum absolute atomic E-state index is 0.0474. The lowest BCUT2D eigenvalue weighted by Crippen LogP contribution is -2.19. The molecule has 22 heavy (non-hydrogen) atoms. The molecule has 116 valence electrons. The van der Waals surface area contributed by atoms with Crippen LogP contribution in [0.3, 0.4) is 0 Å². The van der Waals surface area contributed by atoms with E-state index in [9.17, 15) is 17.6 Å². The third-order valence-electron chi connectivity index (χ3n) is 2.82. The predicted molar refractivity (Wildman–Crippen MR) is 82.1 cm³/mol. The summed E-state index contributed by atoms with van der Waals surface area (Å²) in [6.07, 6.45) is 0. The molecule has 2 N–H and O–H groups in total. The number of carbonyl (C=O) groups excluding carboxylic acids is 1. The summed E-state index contributed by atoms with van der Waals surface area (Å²) in [6.45, 7) is 0. The smallest absolute Gasteiger partial charge is 0.261 e. The first-order valence-corrected chi connectivity index (χ1v) is 7.99. The van der Waals surface area contributed by atoms with Crippen molar-refractivity contribution in [2.75, 3.05) is 11.8 Å². The zero-order chi connectivity index (χ0) is 16.3. The van der Waals surface area contributed by atoms with Crippen LogP contribution >= 0.6 is 11.6 Å². The first-order valence-electron chi connectivity index (χ1n) is 6.13. The van der Waals surface area contributed by atoms with Gasteiger partial charge in [-0.3, -0.25) is 9.52 Å². The van der Waals surface area contributed by atoms with Gasteiger partial charge in [0, 0.05) is 12.7 Å². The summed E-state index contributed by atoms with van der Waals surface area (Å²) in [5.41, 5.74) is 0.254. The molecule has 0 aliphatic heterocycles. The molecule has 5 nitrogen and oxygen atoms in total. The molecule has 0 unspecified atom stereocenters. The van der Waals surface area contributed by atoms with Crippen molar-refractivity contribution in [3.05, 3.63) is 58.9 Å². The second kappa shape index (κ2) is 6.33. The van der Waals surface area contributed by atoms with Gasteiger partial charge in [0.25, 0.3) is 15.9 Å². The summed E-state index contributed by atoms with van der Waals surface area (Å²) < 4.78 is 39.7. The highest BCUT2D eigenvalue weighted by Gasteiger charge is 2.18. The van der Waals surface area contributed by atoms with Crippen molar-refractivity contribution in [1.29, 1.82) is 0 Å². The van der Waals surface area contributed by atoms with Crippen molar-refractivity contribution in [3.8, 4) is 0 Å². The summed E-state index contributed by atoms with van der Waals surface area (Å²) in [7, 11) is -2.50. The number of amides is 1. The van der Waals surface area contributed by atoms with E-state index in [2.05, 4.69) is 10.0 Å². The number of sulfonamides is 1. The fourth-order valence-corrected chi connectivity index (χ4v) is 3.00. The van der Waals surface area contributed by atoms with E-state index in [-0.39, 0.29) is 21.2 Å². The summed E-state index contributed by atoms with van der Waals surface area (Å²) in [6, 6.07) is 8.63. The molecule has 2 rings (SSSR count). The minimum Gasteiger partial charge on any atom is -0.355 e. The SMILES string of the molecule is CNC(=O)c1cc(S(=O)(=O)Nc2ccc(F)cc2)ccc1Cl. The molecule has 2 aromatic rings. The van der Waals surface area contributed by atoms with Crippen LogP contribution in [0.25, 0.3) is 0 Å². The van der Waals surface area contributed by atoms with Crippen molar-refractivity contribution in [2.45, 2.75) is 4.90 Å². The Balaban J connectivity index is 2.37. The fraction of sp³-hybridized carbons (Fsp3) is 0.0714. The molecule has 0 saturated carbocycles. The van der Waals surface area contributed by atoms with Crippen molar-refractivity contribution >= 4 is 33.2 Å². The number of hydrogen-bond acceptors (Lipinski definition) is 3. The average molecular weight is 343 g/mol. The van der Waals surface area contributed by atoms with Crippen LogP contribution in [0.4, 0.5) is 10.1 Å². The number of carbonyl (C=O) groups is 1. The Bertz CT molecular complexity index is 807. The Morgan fingerprint density at radius 1 is 1.14 bits per heavy atom.